The second kappa shape index (κ2) is 6.35. The zero-order valence-corrected chi connectivity index (χ0v) is 9.01. The van der Waals surface area contributed by atoms with Crippen LogP contribution in [0, 0.1) is 5.41 Å². The first kappa shape index (κ1) is 12.9. The zero-order chi connectivity index (χ0) is 10.3. The van der Waals surface area contributed by atoms with Crippen LogP contribution < -0.4 is 5.32 Å². The maximum absolute atomic E-state index is 9.27. The maximum Gasteiger partial charge on any atom is 0.0662 e. The molecule has 0 aromatic rings. The molecule has 0 aliphatic heterocycles. The second-order valence-corrected chi connectivity index (χ2v) is 4.33. The number of rotatable bonds is 7. The van der Waals surface area contributed by atoms with E-state index in [9.17, 15) is 5.11 Å². The Balaban J connectivity index is 3.50. The van der Waals surface area contributed by atoms with Gasteiger partial charge in [0.25, 0.3) is 0 Å². The third kappa shape index (κ3) is 6.99. The van der Waals surface area contributed by atoms with Gasteiger partial charge in [-0.3, -0.25) is 0 Å². The Labute approximate surface area is 81.2 Å². The molecular weight excluding hydrogens is 166 g/mol. The molecule has 0 radical (unpaired) electrons. The molecule has 1 unspecified atom stereocenters. The van der Waals surface area contributed by atoms with Crippen molar-refractivity contribution in [1.29, 1.82) is 0 Å². The van der Waals surface area contributed by atoms with Crippen molar-refractivity contribution in [3.05, 3.63) is 0 Å². The third-order valence-electron chi connectivity index (χ3n) is 2.24. The lowest BCUT2D eigenvalue weighted by Crippen LogP contribution is -2.35. The van der Waals surface area contributed by atoms with Crippen molar-refractivity contribution >= 4 is 0 Å². The summed E-state index contributed by atoms with van der Waals surface area (Å²) in [7, 11) is 0. The molecule has 0 amide bonds. The van der Waals surface area contributed by atoms with E-state index in [0.717, 1.165) is 19.4 Å². The summed E-state index contributed by atoms with van der Waals surface area (Å²) in [6, 6.07) is 0. The van der Waals surface area contributed by atoms with Gasteiger partial charge in [0, 0.05) is 19.7 Å². The van der Waals surface area contributed by atoms with Gasteiger partial charge in [-0.15, -0.1) is 0 Å². The first-order valence-corrected chi connectivity index (χ1v) is 5.01. The van der Waals surface area contributed by atoms with Crippen molar-refractivity contribution in [1.82, 2.24) is 5.32 Å². The van der Waals surface area contributed by atoms with Gasteiger partial charge in [-0.1, -0.05) is 20.8 Å². The van der Waals surface area contributed by atoms with Gasteiger partial charge < -0.3 is 15.5 Å². The van der Waals surface area contributed by atoms with Gasteiger partial charge in [-0.05, 0) is 18.3 Å². The number of aliphatic hydroxyl groups excluding tert-OH is 2. The van der Waals surface area contributed by atoms with Crippen LogP contribution >= 0.6 is 0 Å². The SMILES string of the molecule is CCC(O)CNCC(C)(C)CCO. The van der Waals surface area contributed by atoms with Crippen molar-refractivity contribution in [2.75, 3.05) is 19.7 Å². The molecule has 0 bridgehead atoms. The maximum atomic E-state index is 9.27. The monoisotopic (exact) mass is 189 g/mol. The quantitative estimate of drug-likeness (QED) is 0.554. The zero-order valence-electron chi connectivity index (χ0n) is 9.01. The van der Waals surface area contributed by atoms with Gasteiger partial charge in [0.1, 0.15) is 0 Å². The summed E-state index contributed by atoms with van der Waals surface area (Å²) in [6.07, 6.45) is 1.33. The summed E-state index contributed by atoms with van der Waals surface area (Å²) < 4.78 is 0. The molecule has 0 heterocycles. The fraction of sp³-hybridized carbons (Fsp3) is 1.00. The molecule has 0 saturated carbocycles. The van der Waals surface area contributed by atoms with Crippen LogP contribution in [0.25, 0.3) is 0 Å². The molecule has 0 saturated heterocycles. The lowest BCUT2D eigenvalue weighted by atomic mass is 9.90. The number of nitrogens with one attached hydrogen (secondary N) is 1. The van der Waals surface area contributed by atoms with E-state index in [1.807, 2.05) is 6.92 Å². The molecule has 80 valence electrons. The van der Waals surface area contributed by atoms with Gasteiger partial charge in [0.2, 0.25) is 0 Å². The Morgan fingerprint density at radius 2 is 2.00 bits per heavy atom. The molecular formula is C10H23NO2. The highest BCUT2D eigenvalue weighted by atomic mass is 16.3. The Morgan fingerprint density at radius 1 is 1.38 bits per heavy atom. The van der Waals surface area contributed by atoms with Crippen molar-refractivity contribution in [3.8, 4) is 0 Å². The van der Waals surface area contributed by atoms with Crippen LogP contribution in [0.2, 0.25) is 0 Å². The highest BCUT2D eigenvalue weighted by Crippen LogP contribution is 2.17. The van der Waals surface area contributed by atoms with E-state index in [4.69, 9.17) is 5.11 Å². The summed E-state index contributed by atoms with van der Waals surface area (Å²) in [4.78, 5) is 0. The van der Waals surface area contributed by atoms with E-state index in [-0.39, 0.29) is 18.1 Å². The number of hydrogen-bond donors (Lipinski definition) is 3. The van der Waals surface area contributed by atoms with E-state index >= 15 is 0 Å². The summed E-state index contributed by atoms with van der Waals surface area (Å²) in [5, 5.41) is 21.3. The molecule has 3 N–H and O–H groups in total. The molecule has 0 aliphatic rings. The molecule has 3 heteroatoms. The first-order chi connectivity index (χ1) is 6.02. The van der Waals surface area contributed by atoms with E-state index in [1.54, 1.807) is 0 Å². The molecule has 3 nitrogen and oxygen atoms in total. The molecule has 13 heavy (non-hydrogen) atoms. The summed E-state index contributed by atoms with van der Waals surface area (Å²) in [5.41, 5.74) is 0.113. The Bertz CT molecular complexity index is 126. The van der Waals surface area contributed by atoms with E-state index in [1.165, 1.54) is 0 Å². The number of hydrogen-bond acceptors (Lipinski definition) is 3. The van der Waals surface area contributed by atoms with Gasteiger partial charge in [0.15, 0.2) is 0 Å². The fourth-order valence-electron chi connectivity index (χ4n) is 1.11. The van der Waals surface area contributed by atoms with Gasteiger partial charge in [-0.25, -0.2) is 0 Å². The topological polar surface area (TPSA) is 52.5 Å². The van der Waals surface area contributed by atoms with Gasteiger partial charge in [-0.2, -0.15) is 0 Å². The van der Waals surface area contributed by atoms with Crippen molar-refractivity contribution in [2.45, 2.75) is 39.7 Å². The standard InChI is InChI=1S/C10H23NO2/c1-4-9(13)7-11-8-10(2,3)5-6-12/h9,11-13H,4-8H2,1-3H3. The molecule has 0 fully saturated rings. The summed E-state index contributed by atoms with van der Waals surface area (Å²) in [6.45, 7) is 7.88. The average Bonchev–Trinajstić information content (AvgIpc) is 2.03. The molecule has 0 rings (SSSR count). The van der Waals surface area contributed by atoms with Crippen molar-refractivity contribution in [2.24, 2.45) is 5.41 Å². The van der Waals surface area contributed by atoms with Crippen molar-refractivity contribution < 1.29 is 10.2 Å². The van der Waals surface area contributed by atoms with E-state index < -0.39 is 0 Å². The lowest BCUT2D eigenvalue weighted by Gasteiger charge is -2.24. The van der Waals surface area contributed by atoms with E-state index in [2.05, 4.69) is 19.2 Å². The van der Waals surface area contributed by atoms with Crippen molar-refractivity contribution in [3.63, 3.8) is 0 Å². The molecule has 0 spiro atoms. The first-order valence-electron chi connectivity index (χ1n) is 5.01. The molecule has 0 aromatic heterocycles. The second-order valence-electron chi connectivity index (χ2n) is 4.33. The van der Waals surface area contributed by atoms with Crippen LogP contribution in [0.1, 0.15) is 33.6 Å². The lowest BCUT2D eigenvalue weighted by molar-refractivity contribution is 0.155. The van der Waals surface area contributed by atoms with Crippen LogP contribution in [0.3, 0.4) is 0 Å². The minimum atomic E-state index is -0.245. The predicted octanol–water partition coefficient (Wildman–Crippen LogP) is 0.755. The Morgan fingerprint density at radius 3 is 2.46 bits per heavy atom. The fourth-order valence-corrected chi connectivity index (χ4v) is 1.11. The highest BCUT2D eigenvalue weighted by Gasteiger charge is 2.16. The largest absolute Gasteiger partial charge is 0.396 e. The molecule has 1 atom stereocenters. The molecule has 0 aromatic carbocycles. The summed E-state index contributed by atoms with van der Waals surface area (Å²) in [5.74, 6) is 0. The van der Waals surface area contributed by atoms with Crippen LogP contribution in [-0.4, -0.2) is 36.0 Å². The smallest absolute Gasteiger partial charge is 0.0662 e. The van der Waals surface area contributed by atoms with Crippen LogP contribution in [0.4, 0.5) is 0 Å². The predicted molar refractivity (Wildman–Crippen MR) is 54.7 cm³/mol. The Hall–Kier alpha value is -0.120. The van der Waals surface area contributed by atoms with Gasteiger partial charge in [0.05, 0.1) is 6.10 Å². The minimum absolute atomic E-state index is 0.113. The minimum Gasteiger partial charge on any atom is -0.396 e. The highest BCUT2D eigenvalue weighted by molar-refractivity contribution is 4.71. The number of aliphatic hydroxyl groups is 2. The van der Waals surface area contributed by atoms with Crippen LogP contribution in [0.5, 0.6) is 0 Å². The third-order valence-corrected chi connectivity index (χ3v) is 2.24. The normalized spacial score (nSPS) is 14.5. The van der Waals surface area contributed by atoms with Gasteiger partial charge >= 0.3 is 0 Å². The van der Waals surface area contributed by atoms with Crippen LogP contribution in [0.15, 0.2) is 0 Å². The summed E-state index contributed by atoms with van der Waals surface area (Å²) >= 11 is 0. The Kier molecular flexibility index (Phi) is 6.29. The van der Waals surface area contributed by atoms with E-state index in [0.29, 0.717) is 6.54 Å². The molecule has 0 aliphatic carbocycles. The average molecular weight is 189 g/mol. The van der Waals surface area contributed by atoms with Crippen LogP contribution in [-0.2, 0) is 0 Å².